The third kappa shape index (κ3) is 27.3. The molecule has 5 N–H and O–H groups in total. The Bertz CT molecular complexity index is 6390. The number of carbonyl (C=O) groups is 1. The van der Waals surface area contributed by atoms with Gasteiger partial charge in [0.25, 0.3) is 0 Å². The second-order valence-electron chi connectivity index (χ2n) is 37.8. The first-order valence-electron chi connectivity index (χ1n) is 50.1. The van der Waals surface area contributed by atoms with Gasteiger partial charge in [0.2, 0.25) is 0 Å². The van der Waals surface area contributed by atoms with E-state index in [-0.39, 0.29) is 99.1 Å². The summed E-state index contributed by atoms with van der Waals surface area (Å²) < 4.78 is 174. The number of methoxy groups -OCH3 is 4. The molecule has 142 heavy (non-hydrogen) atoms. The predicted octanol–water partition coefficient (Wildman–Crippen LogP) is 22.8. The molecule has 9 atom stereocenters. The summed E-state index contributed by atoms with van der Waals surface area (Å²) in [5, 5.41) is 18.5. The predicted molar refractivity (Wildman–Crippen MR) is 571 cm³/mol. The number of halogens is 1. The first-order chi connectivity index (χ1) is 67.5. The summed E-state index contributed by atoms with van der Waals surface area (Å²) in [5.41, 5.74) is 7.31. The van der Waals surface area contributed by atoms with Gasteiger partial charge >= 0.3 is 0 Å². The first-order valence-corrected chi connectivity index (χ1v) is 58.4. The molecule has 0 radical (unpaired) electrons. The lowest BCUT2D eigenvalue weighted by molar-refractivity contribution is 0.112. The minimum atomic E-state index is -3.61. The maximum absolute atomic E-state index is 13.7. The van der Waals surface area contributed by atoms with Crippen molar-refractivity contribution in [2.24, 2.45) is 0 Å². The standard InChI is InChI=1S/C24H33NO3S.2C23H31NO4S.C22H27NO3S.C21H27NO4S.ClH/c1-5-7-15-24(6-2)17-29(26,27)22-16-20(28-18(3)4)13-14-21(22)23(25-24)19-11-9-8-10-12-19;1-5-7-15-23(6-2)16-29(25,26)22-18(13-14-19(27-3)21(22)28-4)20(24-23)17-11-9-8-10-12-17;1-4-7-13-18-16-29(25,26)22-15-21(28-6-3)20(27-5-2)14-19(22)23(24-18)17-11-9-8-10-12-17;1-3-5-13-22(4-2)16-27(25,26)20-14-17(15-24)11-12-19(20)21(23-22)18-9-7-6-8-10-18;1-5-21(6-2)14-27(23,24)19-13-18(26-4)17(25-3)12-16(19)20(22-21)15-10-8-7-9-11-15;/h8-14,16,18,23,25H,5-7,15,17H2,1-4H3;8-14,20,24H,5-7,15-16H2,1-4H3;8-12,14-15,18,23-24H,4-7,13,16H2,1-3H3;6-12,14-15,21,23H,3-5,13,16H2,1-2H3;7-13,20,22H,5-6,14H2,1-4H3;1H/t23-,24-;20-,23-;18?,23-;21-,22-;;/m1111../s1. The van der Waals surface area contributed by atoms with Crippen LogP contribution in [-0.2, 0) is 49.2 Å². The molecule has 10 aromatic rings. The van der Waals surface area contributed by atoms with Crippen molar-refractivity contribution in [3.63, 3.8) is 0 Å². The van der Waals surface area contributed by atoms with Crippen molar-refractivity contribution < 1.29 is 80.0 Å². The summed E-state index contributed by atoms with van der Waals surface area (Å²) in [6.07, 6.45) is 15.6. The number of hydrogen-bond donors (Lipinski definition) is 5. The number of nitrogens with one attached hydrogen (secondary N) is 5. The van der Waals surface area contributed by atoms with E-state index in [1.54, 1.807) is 49.6 Å². The van der Waals surface area contributed by atoms with Gasteiger partial charge in [-0.15, -0.1) is 12.4 Å². The number of hydrogen-bond acceptors (Lipinski definition) is 23. The summed E-state index contributed by atoms with van der Waals surface area (Å²) in [4.78, 5) is 12.8. The minimum Gasteiger partial charge on any atom is -0.493 e. The molecular weight excluding hydrogens is 1910 g/mol. The summed E-state index contributed by atoms with van der Waals surface area (Å²) in [6.45, 7) is 27.4. The van der Waals surface area contributed by atoms with Crippen LogP contribution in [0.2, 0.25) is 0 Å². The van der Waals surface area contributed by atoms with E-state index in [4.69, 9.17) is 33.2 Å². The Morgan fingerprint density at radius 1 is 0.345 bits per heavy atom. The zero-order valence-corrected chi connectivity index (χ0v) is 90.6. The van der Waals surface area contributed by atoms with E-state index >= 15 is 0 Å². The number of fused-ring (bicyclic) bond motifs is 5. The van der Waals surface area contributed by atoms with Crippen LogP contribution in [0.4, 0.5) is 0 Å². The Kier molecular flexibility index (Phi) is 41.3. The van der Waals surface area contributed by atoms with E-state index in [1.807, 2.05) is 212 Å². The molecule has 29 heteroatoms. The van der Waals surface area contributed by atoms with Crippen LogP contribution in [0.1, 0.15) is 295 Å². The lowest BCUT2D eigenvalue weighted by Crippen LogP contribution is -2.50. The fourth-order valence-corrected chi connectivity index (χ4v) is 30.7. The Hall–Kier alpha value is -9.69. The average Bonchev–Trinajstić information content (AvgIpc) is 1.57. The van der Waals surface area contributed by atoms with Crippen LogP contribution in [0, 0.1) is 0 Å². The van der Waals surface area contributed by atoms with Crippen molar-refractivity contribution in [3.8, 4) is 40.2 Å². The number of unbranched alkanes of at least 4 members (excludes halogenated alkanes) is 4. The van der Waals surface area contributed by atoms with Crippen LogP contribution >= 0.6 is 12.4 Å². The fourth-order valence-electron chi connectivity index (χ4n) is 20.1. The quantitative estimate of drug-likeness (QED) is 0.0239. The monoisotopic (exact) mass is 2060 g/mol. The molecule has 0 spiro atoms. The summed E-state index contributed by atoms with van der Waals surface area (Å²) in [6, 6.07) is 69.8. The summed E-state index contributed by atoms with van der Waals surface area (Å²) in [7, 11) is -11.5. The molecule has 5 aliphatic rings. The van der Waals surface area contributed by atoms with Crippen LogP contribution < -0.4 is 59.7 Å². The van der Waals surface area contributed by atoms with Crippen LogP contribution in [0.25, 0.3) is 0 Å². The van der Waals surface area contributed by atoms with Crippen LogP contribution in [-0.4, -0.2) is 153 Å². The lowest BCUT2D eigenvalue weighted by Gasteiger charge is -2.35. The van der Waals surface area contributed by atoms with Gasteiger partial charge in [0.05, 0.1) is 126 Å². The van der Waals surface area contributed by atoms with Gasteiger partial charge in [0.1, 0.15) is 16.9 Å². The van der Waals surface area contributed by atoms with E-state index in [1.165, 1.54) is 27.4 Å². The van der Waals surface area contributed by atoms with E-state index in [9.17, 15) is 46.9 Å². The molecule has 0 fully saturated rings. The largest absolute Gasteiger partial charge is 0.493 e. The molecule has 0 bridgehead atoms. The number of rotatable bonds is 33. The molecule has 0 aromatic heterocycles. The number of aldehydes is 1. The van der Waals surface area contributed by atoms with Crippen molar-refractivity contribution in [2.45, 2.75) is 288 Å². The Morgan fingerprint density at radius 3 is 1.08 bits per heavy atom. The third-order valence-corrected chi connectivity index (χ3v) is 37.6. The van der Waals surface area contributed by atoms with Crippen molar-refractivity contribution in [2.75, 3.05) is 70.4 Å². The van der Waals surface area contributed by atoms with Gasteiger partial charge < -0.3 is 38.5 Å². The molecule has 23 nitrogen and oxygen atoms in total. The van der Waals surface area contributed by atoms with Crippen LogP contribution in [0.3, 0.4) is 0 Å². The normalized spacial score (nSPS) is 22.1. The average molecular weight is 2060 g/mol. The maximum Gasteiger partial charge on any atom is 0.184 e. The van der Waals surface area contributed by atoms with Gasteiger partial charge in [0.15, 0.2) is 83.7 Å². The molecule has 772 valence electrons. The summed E-state index contributed by atoms with van der Waals surface area (Å²) >= 11 is 0. The fraction of sp³-hybridized carbons (Fsp3) is 0.460. The van der Waals surface area contributed by atoms with Gasteiger partial charge in [-0.1, -0.05) is 290 Å². The third-order valence-electron chi connectivity index (χ3n) is 27.9. The second-order valence-corrected chi connectivity index (χ2v) is 47.6. The SMILES string of the molecule is CCC1(CC)CS(=O)(=O)c2cc(OC)c(OC)cc2C(c2ccccc2)N1.CCCCC1CS(=O)(=O)c2cc(OCC)c(OCC)cc2[C@@H](c2ccccc2)N1.CCCC[C@]1(CC)CS(=O)(=O)c2c(ccc(OC)c2OC)[C@@H](c2ccccc2)N1.CCCC[C@]1(CC)CS(=O)(=O)c2cc(C=O)ccc2[C@@H](c2ccccc2)N1.CCCC[C@]1(CC)CS(=O)(=O)c2cc(OC(C)C)ccc2[C@@H](c2ccccc2)N1.Cl. The number of carbonyl (C=O) groups excluding carboxylic acids is 1. The van der Waals surface area contributed by atoms with E-state index in [2.05, 4.69) is 80.3 Å². The second kappa shape index (κ2) is 51.4. The number of ether oxygens (including phenoxy) is 7. The van der Waals surface area contributed by atoms with Gasteiger partial charge in [-0.25, -0.2) is 42.1 Å². The highest BCUT2D eigenvalue weighted by atomic mass is 35.5. The molecule has 5 heterocycles. The van der Waals surface area contributed by atoms with Gasteiger partial charge in [-0.2, -0.15) is 0 Å². The molecule has 0 saturated heterocycles. The van der Waals surface area contributed by atoms with Crippen molar-refractivity contribution in [1.82, 2.24) is 26.6 Å². The van der Waals surface area contributed by atoms with Crippen LogP contribution in [0.5, 0.6) is 40.2 Å². The minimum absolute atomic E-state index is 0. The molecule has 0 aliphatic carbocycles. The highest BCUT2D eigenvalue weighted by molar-refractivity contribution is 7.92. The molecule has 0 saturated carbocycles. The van der Waals surface area contributed by atoms with Gasteiger partial charge in [-0.3, -0.25) is 26.1 Å². The first kappa shape index (κ1) is 114. The lowest BCUT2D eigenvalue weighted by atomic mass is 9.88. The van der Waals surface area contributed by atoms with Gasteiger partial charge in [-0.05, 0) is 178 Å². The maximum atomic E-state index is 13.7. The molecule has 5 aliphatic heterocycles. The van der Waals surface area contributed by atoms with E-state index in [0.717, 1.165) is 141 Å². The zero-order valence-electron chi connectivity index (χ0n) is 85.7. The molecule has 10 aromatic carbocycles. The Morgan fingerprint density at radius 2 is 0.683 bits per heavy atom. The summed E-state index contributed by atoms with van der Waals surface area (Å²) in [5.74, 6) is 3.67. The van der Waals surface area contributed by atoms with Crippen molar-refractivity contribution >= 4 is 67.9 Å². The molecule has 0 amide bonds. The van der Waals surface area contributed by atoms with E-state index in [0.29, 0.717) is 98.2 Å². The van der Waals surface area contributed by atoms with E-state index < -0.39 is 71.3 Å². The van der Waals surface area contributed by atoms with Crippen molar-refractivity contribution in [3.05, 3.63) is 286 Å². The highest BCUT2D eigenvalue weighted by Gasteiger charge is 2.48. The number of sulfone groups is 5. The Balaban J connectivity index is 0.000000182. The van der Waals surface area contributed by atoms with Crippen LogP contribution in [0.15, 0.2) is 249 Å². The highest BCUT2D eigenvalue weighted by Crippen LogP contribution is 2.50. The zero-order chi connectivity index (χ0) is 102. The molecule has 2 unspecified atom stereocenters. The molecular formula is C113H150ClN5O18S5. The van der Waals surface area contributed by atoms with Gasteiger partial charge in [0, 0.05) is 45.9 Å². The Labute approximate surface area is 852 Å². The molecule has 15 rings (SSSR count). The topological polar surface area (TPSA) is 313 Å². The van der Waals surface area contributed by atoms with Crippen molar-refractivity contribution in [1.29, 1.82) is 0 Å². The smallest absolute Gasteiger partial charge is 0.184 e. The number of benzene rings is 10.